The Morgan fingerprint density at radius 3 is 2.65 bits per heavy atom. The van der Waals surface area contributed by atoms with E-state index >= 15 is 0 Å². The number of piperidine rings is 1. The van der Waals surface area contributed by atoms with Crippen LogP contribution in [0.4, 0.5) is 11.4 Å². The molecule has 0 aromatic heterocycles. The zero-order chi connectivity index (χ0) is 18.5. The molecule has 0 spiro atoms. The molecule has 1 saturated heterocycles. The summed E-state index contributed by atoms with van der Waals surface area (Å²) in [6.45, 7) is 2.11. The molecule has 2 N–H and O–H groups in total. The zero-order valence-electron chi connectivity index (χ0n) is 15.4. The molecular formula is C19H28N4O3. The topological polar surface area (TPSA) is 87.5 Å². The van der Waals surface area contributed by atoms with Gasteiger partial charge < -0.3 is 10.6 Å². The van der Waals surface area contributed by atoms with E-state index < -0.39 is 4.92 Å². The summed E-state index contributed by atoms with van der Waals surface area (Å²) in [6.07, 6.45) is 8.75. The van der Waals surface area contributed by atoms with Gasteiger partial charge in [0, 0.05) is 43.5 Å². The van der Waals surface area contributed by atoms with Crippen LogP contribution in [0.3, 0.4) is 0 Å². The number of non-ortho nitro benzene ring substituents is 1. The van der Waals surface area contributed by atoms with Gasteiger partial charge in [-0.2, -0.15) is 0 Å². The van der Waals surface area contributed by atoms with Crippen molar-refractivity contribution in [3.63, 3.8) is 0 Å². The maximum Gasteiger partial charge on any atom is 0.270 e. The van der Waals surface area contributed by atoms with Crippen LogP contribution in [0, 0.1) is 10.1 Å². The second-order valence-electron chi connectivity index (χ2n) is 7.34. The second kappa shape index (κ2) is 8.49. The molecule has 1 aliphatic heterocycles. The lowest BCUT2D eigenvalue weighted by atomic mass is 9.92. The third-order valence-corrected chi connectivity index (χ3v) is 5.59. The molecule has 0 bridgehead atoms. The Kier molecular flexibility index (Phi) is 6.08. The number of nitro groups is 1. The molecule has 1 aromatic carbocycles. The first-order chi connectivity index (χ1) is 12.6. The Labute approximate surface area is 154 Å². The van der Waals surface area contributed by atoms with Gasteiger partial charge in [0.2, 0.25) is 0 Å². The Bertz CT molecular complexity index is 658. The number of hydrogen-bond donors (Lipinski definition) is 2. The predicted molar refractivity (Wildman–Crippen MR) is 102 cm³/mol. The average molecular weight is 360 g/mol. The first-order valence-corrected chi connectivity index (χ1v) is 9.59. The Morgan fingerprint density at radius 1 is 1.19 bits per heavy atom. The quantitative estimate of drug-likeness (QED) is 0.622. The molecule has 7 nitrogen and oxygen atoms in total. The number of rotatable bonds is 5. The molecule has 2 fully saturated rings. The number of carbonyl (C=O) groups excluding carboxylic acids is 1. The van der Waals surface area contributed by atoms with E-state index in [9.17, 15) is 14.9 Å². The predicted octanol–water partition coefficient (Wildman–Crippen LogP) is 3.16. The lowest BCUT2D eigenvalue weighted by Gasteiger charge is -2.40. The Morgan fingerprint density at radius 2 is 1.96 bits per heavy atom. The van der Waals surface area contributed by atoms with Gasteiger partial charge in [-0.05, 0) is 38.3 Å². The van der Waals surface area contributed by atoms with Gasteiger partial charge in [-0.1, -0.05) is 19.3 Å². The molecule has 0 radical (unpaired) electrons. The van der Waals surface area contributed by atoms with Gasteiger partial charge in [-0.3, -0.25) is 19.8 Å². The van der Waals surface area contributed by atoms with Crippen LogP contribution in [0.1, 0.15) is 55.3 Å². The summed E-state index contributed by atoms with van der Waals surface area (Å²) in [5.41, 5.74) is 0.934. The van der Waals surface area contributed by atoms with Gasteiger partial charge in [0.25, 0.3) is 11.6 Å². The summed E-state index contributed by atoms with van der Waals surface area (Å²) in [6, 6.07) is 5.40. The summed E-state index contributed by atoms with van der Waals surface area (Å²) in [4.78, 5) is 25.3. The minimum Gasteiger partial charge on any atom is -0.380 e. The number of benzene rings is 1. The lowest BCUT2D eigenvalue weighted by molar-refractivity contribution is -0.384. The van der Waals surface area contributed by atoms with E-state index in [1.54, 1.807) is 6.07 Å². The van der Waals surface area contributed by atoms with Crippen molar-refractivity contribution >= 4 is 17.3 Å². The number of hydrogen-bond acceptors (Lipinski definition) is 5. The molecule has 1 amide bonds. The summed E-state index contributed by atoms with van der Waals surface area (Å²) in [7, 11) is 1.54. The number of amides is 1. The standard InChI is InChI=1S/C19H28N4O3/c1-20-19(24)17-12-16(23(25)26)9-10-18(17)21-14-6-5-11-22(13-14)15-7-3-2-4-8-15/h9-10,12,14-15,21H,2-8,11,13H2,1H3,(H,20,24). The van der Waals surface area contributed by atoms with Gasteiger partial charge in [0.15, 0.2) is 0 Å². The maximum atomic E-state index is 12.2. The van der Waals surface area contributed by atoms with Crippen molar-refractivity contribution in [2.45, 2.75) is 57.0 Å². The minimum absolute atomic E-state index is 0.0679. The molecule has 142 valence electrons. The van der Waals surface area contributed by atoms with Crippen LogP contribution in [-0.2, 0) is 0 Å². The number of anilines is 1. The minimum atomic E-state index is -0.471. The fraction of sp³-hybridized carbons (Fsp3) is 0.632. The number of nitro benzene ring substituents is 1. The number of carbonyl (C=O) groups is 1. The SMILES string of the molecule is CNC(=O)c1cc([N+](=O)[O-])ccc1NC1CCCN(C2CCCCC2)C1. The van der Waals surface area contributed by atoms with Crippen molar-refractivity contribution in [3.8, 4) is 0 Å². The lowest BCUT2D eigenvalue weighted by Crippen LogP contribution is -2.47. The first kappa shape index (κ1) is 18.6. The van der Waals surface area contributed by atoms with Crippen molar-refractivity contribution in [1.29, 1.82) is 0 Å². The fourth-order valence-corrected chi connectivity index (χ4v) is 4.22. The number of nitrogens with zero attached hydrogens (tertiary/aromatic N) is 2. The fourth-order valence-electron chi connectivity index (χ4n) is 4.22. The van der Waals surface area contributed by atoms with Crippen molar-refractivity contribution < 1.29 is 9.72 Å². The van der Waals surface area contributed by atoms with Crippen molar-refractivity contribution in [3.05, 3.63) is 33.9 Å². The molecule has 7 heteroatoms. The van der Waals surface area contributed by atoms with E-state index in [4.69, 9.17) is 0 Å². The Balaban J connectivity index is 1.72. The highest BCUT2D eigenvalue weighted by atomic mass is 16.6. The molecule has 26 heavy (non-hydrogen) atoms. The van der Waals surface area contributed by atoms with Crippen LogP contribution < -0.4 is 10.6 Å². The van der Waals surface area contributed by atoms with Gasteiger partial charge >= 0.3 is 0 Å². The van der Waals surface area contributed by atoms with E-state index in [2.05, 4.69) is 15.5 Å². The first-order valence-electron chi connectivity index (χ1n) is 9.59. The van der Waals surface area contributed by atoms with E-state index in [0.29, 0.717) is 17.3 Å². The van der Waals surface area contributed by atoms with E-state index in [-0.39, 0.29) is 17.6 Å². The third kappa shape index (κ3) is 4.33. The van der Waals surface area contributed by atoms with Crippen molar-refractivity contribution in [2.24, 2.45) is 0 Å². The second-order valence-corrected chi connectivity index (χ2v) is 7.34. The highest BCUT2D eigenvalue weighted by molar-refractivity contribution is 6.00. The third-order valence-electron chi connectivity index (χ3n) is 5.59. The van der Waals surface area contributed by atoms with Crippen molar-refractivity contribution in [2.75, 3.05) is 25.5 Å². The summed E-state index contributed by atoms with van der Waals surface area (Å²) >= 11 is 0. The molecule has 2 aliphatic rings. The summed E-state index contributed by atoms with van der Waals surface area (Å²) < 4.78 is 0. The molecule has 1 aromatic rings. The smallest absolute Gasteiger partial charge is 0.270 e. The molecule has 1 saturated carbocycles. The van der Waals surface area contributed by atoms with E-state index in [0.717, 1.165) is 25.9 Å². The zero-order valence-corrected chi connectivity index (χ0v) is 15.4. The molecular weight excluding hydrogens is 332 g/mol. The van der Waals surface area contributed by atoms with E-state index in [1.165, 1.54) is 51.3 Å². The number of likely N-dealkylation sites (tertiary alicyclic amines) is 1. The van der Waals surface area contributed by atoms with Crippen LogP contribution in [0.2, 0.25) is 0 Å². The highest BCUT2D eigenvalue weighted by Crippen LogP contribution is 2.28. The maximum absolute atomic E-state index is 12.2. The monoisotopic (exact) mass is 360 g/mol. The van der Waals surface area contributed by atoms with Crippen LogP contribution in [0.5, 0.6) is 0 Å². The van der Waals surface area contributed by atoms with Gasteiger partial charge in [-0.25, -0.2) is 0 Å². The van der Waals surface area contributed by atoms with Crippen LogP contribution in [-0.4, -0.2) is 48.0 Å². The number of nitrogens with one attached hydrogen (secondary N) is 2. The van der Waals surface area contributed by atoms with E-state index in [1.807, 2.05) is 0 Å². The van der Waals surface area contributed by atoms with Crippen LogP contribution in [0.15, 0.2) is 18.2 Å². The largest absolute Gasteiger partial charge is 0.380 e. The van der Waals surface area contributed by atoms with Gasteiger partial charge in [0.1, 0.15) is 0 Å². The highest BCUT2D eigenvalue weighted by Gasteiger charge is 2.27. The van der Waals surface area contributed by atoms with Gasteiger partial charge in [0.05, 0.1) is 10.5 Å². The summed E-state index contributed by atoms with van der Waals surface area (Å²) in [5, 5.41) is 17.1. The van der Waals surface area contributed by atoms with Crippen molar-refractivity contribution in [1.82, 2.24) is 10.2 Å². The molecule has 3 rings (SSSR count). The molecule has 1 unspecified atom stereocenters. The van der Waals surface area contributed by atoms with Crippen LogP contribution >= 0.6 is 0 Å². The molecule has 1 atom stereocenters. The van der Waals surface area contributed by atoms with Crippen LogP contribution in [0.25, 0.3) is 0 Å². The molecule has 1 heterocycles. The Hall–Kier alpha value is -2.15. The summed E-state index contributed by atoms with van der Waals surface area (Å²) in [5.74, 6) is -0.309. The molecule has 1 aliphatic carbocycles. The van der Waals surface area contributed by atoms with Gasteiger partial charge in [-0.15, -0.1) is 0 Å². The average Bonchev–Trinajstić information content (AvgIpc) is 2.68. The normalized spacial score (nSPS) is 22.0.